The highest BCUT2D eigenvalue weighted by atomic mass is 79.9. The number of sulfonamides is 1. The molecular weight excluding hydrogens is 356 g/mol. The van der Waals surface area contributed by atoms with Gasteiger partial charge in [0.05, 0.1) is 11.9 Å². The van der Waals surface area contributed by atoms with Crippen molar-refractivity contribution in [2.45, 2.75) is 18.4 Å². The molecule has 0 aliphatic carbocycles. The number of halogens is 1. The molecule has 2 aromatic rings. The molecule has 8 heteroatoms. The lowest BCUT2D eigenvalue weighted by Crippen LogP contribution is -2.15. The Balaban J connectivity index is 2.30. The fraction of sp³-hybridized carbons (Fsp3) is 0.308. The second-order valence-electron chi connectivity index (χ2n) is 4.55. The number of aromatic nitrogens is 2. The third-order valence-electron chi connectivity index (χ3n) is 2.82. The maximum Gasteiger partial charge on any atom is 0.263 e. The van der Waals surface area contributed by atoms with Crippen LogP contribution in [0.5, 0.6) is 0 Å². The van der Waals surface area contributed by atoms with Crippen molar-refractivity contribution in [1.82, 2.24) is 15.1 Å². The minimum Gasteiger partial charge on any atom is -0.313 e. The molecular formula is C13H17BrN4O2S. The van der Waals surface area contributed by atoms with Gasteiger partial charge in [0.25, 0.3) is 10.0 Å². The average Bonchev–Trinajstić information content (AvgIpc) is 2.82. The predicted octanol–water partition coefficient (Wildman–Crippen LogP) is 2.09. The highest BCUT2D eigenvalue weighted by Gasteiger charge is 2.19. The summed E-state index contributed by atoms with van der Waals surface area (Å²) >= 11 is 3.29. The lowest BCUT2D eigenvalue weighted by molar-refractivity contribution is 0.600. The second-order valence-corrected chi connectivity index (χ2v) is 7.06. The van der Waals surface area contributed by atoms with Gasteiger partial charge >= 0.3 is 0 Å². The van der Waals surface area contributed by atoms with Crippen LogP contribution < -0.4 is 10.0 Å². The van der Waals surface area contributed by atoms with E-state index in [1.54, 1.807) is 25.4 Å². The molecule has 2 N–H and O–H groups in total. The Bertz CT molecular complexity index is 728. The number of nitrogens with zero attached hydrogens (tertiary/aromatic N) is 2. The summed E-state index contributed by atoms with van der Waals surface area (Å²) in [6.45, 7) is 3.45. The molecule has 0 spiro atoms. The average molecular weight is 373 g/mol. The lowest BCUT2D eigenvalue weighted by atomic mass is 10.2. The van der Waals surface area contributed by atoms with E-state index in [4.69, 9.17) is 0 Å². The van der Waals surface area contributed by atoms with Crippen LogP contribution in [-0.4, -0.2) is 24.7 Å². The van der Waals surface area contributed by atoms with Gasteiger partial charge in [0.2, 0.25) is 0 Å². The first-order valence-electron chi connectivity index (χ1n) is 6.43. The van der Waals surface area contributed by atoms with Gasteiger partial charge in [-0.2, -0.15) is 5.10 Å². The molecule has 0 atom stereocenters. The lowest BCUT2D eigenvalue weighted by Gasteiger charge is -2.10. The molecule has 0 bridgehead atoms. The van der Waals surface area contributed by atoms with Crippen molar-refractivity contribution < 1.29 is 8.42 Å². The molecule has 0 aliphatic heterocycles. The third kappa shape index (κ3) is 4.05. The quantitative estimate of drug-likeness (QED) is 0.813. The van der Waals surface area contributed by atoms with Crippen LogP contribution in [0.1, 0.15) is 12.5 Å². The van der Waals surface area contributed by atoms with E-state index in [0.29, 0.717) is 16.7 Å². The topological polar surface area (TPSA) is 76.0 Å². The minimum atomic E-state index is -3.66. The van der Waals surface area contributed by atoms with Crippen LogP contribution in [0.3, 0.4) is 0 Å². The summed E-state index contributed by atoms with van der Waals surface area (Å²) in [5.41, 5.74) is 1.34. The maximum atomic E-state index is 12.5. The number of anilines is 1. The van der Waals surface area contributed by atoms with E-state index in [0.717, 1.165) is 12.1 Å². The molecule has 0 unspecified atom stereocenters. The fourth-order valence-corrected chi connectivity index (χ4v) is 3.86. The standard InChI is InChI=1S/C13H17BrN4O2S/c1-3-15-7-10-4-5-12(14)13(6-10)21(19,20)17-11-8-16-18(2)9-11/h4-6,8-9,15,17H,3,7H2,1-2H3. The Morgan fingerprint density at radius 3 is 2.76 bits per heavy atom. The summed E-state index contributed by atoms with van der Waals surface area (Å²) in [7, 11) is -1.93. The predicted molar refractivity (Wildman–Crippen MR) is 85.5 cm³/mol. The number of hydrogen-bond acceptors (Lipinski definition) is 4. The van der Waals surface area contributed by atoms with Gasteiger partial charge in [-0.1, -0.05) is 13.0 Å². The largest absolute Gasteiger partial charge is 0.313 e. The third-order valence-corrected chi connectivity index (χ3v) is 5.20. The Hall–Kier alpha value is -1.38. The monoisotopic (exact) mass is 372 g/mol. The first-order valence-corrected chi connectivity index (χ1v) is 8.70. The second kappa shape index (κ2) is 6.59. The van der Waals surface area contributed by atoms with Crippen molar-refractivity contribution in [2.24, 2.45) is 7.05 Å². The van der Waals surface area contributed by atoms with Gasteiger partial charge in [-0.25, -0.2) is 8.42 Å². The van der Waals surface area contributed by atoms with Gasteiger partial charge in [0.1, 0.15) is 4.90 Å². The number of nitrogens with one attached hydrogen (secondary N) is 2. The molecule has 0 saturated carbocycles. The maximum absolute atomic E-state index is 12.5. The zero-order valence-electron chi connectivity index (χ0n) is 11.8. The molecule has 0 fully saturated rings. The van der Waals surface area contributed by atoms with E-state index in [-0.39, 0.29) is 4.90 Å². The highest BCUT2D eigenvalue weighted by Crippen LogP contribution is 2.25. The number of benzene rings is 1. The molecule has 2 rings (SSSR count). The van der Waals surface area contributed by atoms with Crippen LogP contribution in [0, 0.1) is 0 Å². The van der Waals surface area contributed by atoms with Crippen molar-refractivity contribution in [3.8, 4) is 0 Å². The van der Waals surface area contributed by atoms with Crippen LogP contribution in [-0.2, 0) is 23.6 Å². The molecule has 114 valence electrons. The van der Waals surface area contributed by atoms with Crippen LogP contribution in [0.2, 0.25) is 0 Å². The Morgan fingerprint density at radius 1 is 1.38 bits per heavy atom. The molecule has 1 aromatic carbocycles. The summed E-state index contributed by atoms with van der Waals surface area (Å²) in [6, 6.07) is 5.28. The van der Waals surface area contributed by atoms with Crippen molar-refractivity contribution in [3.05, 3.63) is 40.6 Å². The fourth-order valence-electron chi connectivity index (χ4n) is 1.82. The van der Waals surface area contributed by atoms with Crippen LogP contribution >= 0.6 is 15.9 Å². The summed E-state index contributed by atoms with van der Waals surface area (Å²) in [4.78, 5) is 0.210. The molecule has 0 saturated heterocycles. The van der Waals surface area contributed by atoms with Gasteiger partial charge in [-0.15, -0.1) is 0 Å². The van der Waals surface area contributed by atoms with E-state index < -0.39 is 10.0 Å². The van der Waals surface area contributed by atoms with Crippen molar-refractivity contribution in [1.29, 1.82) is 0 Å². The van der Waals surface area contributed by atoms with Gasteiger partial charge in [0.15, 0.2) is 0 Å². The van der Waals surface area contributed by atoms with E-state index >= 15 is 0 Å². The molecule has 0 aliphatic rings. The molecule has 1 aromatic heterocycles. The van der Waals surface area contributed by atoms with Crippen molar-refractivity contribution >= 4 is 31.6 Å². The molecule has 6 nitrogen and oxygen atoms in total. The number of aryl methyl sites for hydroxylation is 1. The van der Waals surface area contributed by atoms with Gasteiger partial charge < -0.3 is 5.32 Å². The Kier molecular flexibility index (Phi) is 5.02. The molecule has 21 heavy (non-hydrogen) atoms. The molecule has 0 radical (unpaired) electrons. The van der Waals surface area contributed by atoms with Crippen molar-refractivity contribution in [3.63, 3.8) is 0 Å². The van der Waals surface area contributed by atoms with E-state index in [1.807, 2.05) is 13.0 Å². The van der Waals surface area contributed by atoms with Crippen LogP contribution in [0.15, 0.2) is 40.0 Å². The first kappa shape index (κ1) is 16.0. The SMILES string of the molecule is CCNCc1ccc(Br)c(S(=O)(=O)Nc2cnn(C)c2)c1. The van der Waals surface area contributed by atoms with Crippen LogP contribution in [0.25, 0.3) is 0 Å². The summed E-state index contributed by atoms with van der Waals surface area (Å²) in [5, 5.41) is 7.11. The van der Waals surface area contributed by atoms with E-state index in [2.05, 4.69) is 31.1 Å². The van der Waals surface area contributed by atoms with Crippen molar-refractivity contribution in [2.75, 3.05) is 11.3 Å². The van der Waals surface area contributed by atoms with Gasteiger partial charge in [-0.3, -0.25) is 9.40 Å². The summed E-state index contributed by atoms with van der Waals surface area (Å²) in [5.74, 6) is 0. The minimum absolute atomic E-state index is 0.210. The first-order chi connectivity index (χ1) is 9.92. The summed E-state index contributed by atoms with van der Waals surface area (Å²) in [6.07, 6.45) is 3.07. The van der Waals surface area contributed by atoms with Gasteiger partial charge in [0, 0.05) is 24.3 Å². The molecule has 0 amide bonds. The zero-order valence-corrected chi connectivity index (χ0v) is 14.2. The highest BCUT2D eigenvalue weighted by molar-refractivity contribution is 9.10. The summed E-state index contributed by atoms with van der Waals surface area (Å²) < 4.78 is 29.5. The van der Waals surface area contributed by atoms with Gasteiger partial charge in [-0.05, 0) is 40.2 Å². The van der Waals surface area contributed by atoms with E-state index in [1.165, 1.54) is 10.9 Å². The van der Waals surface area contributed by atoms with Crippen LogP contribution in [0.4, 0.5) is 5.69 Å². The Morgan fingerprint density at radius 2 is 2.14 bits per heavy atom. The Labute approximate surface area is 132 Å². The zero-order chi connectivity index (χ0) is 15.5. The number of hydrogen-bond donors (Lipinski definition) is 2. The number of rotatable bonds is 6. The smallest absolute Gasteiger partial charge is 0.263 e. The van der Waals surface area contributed by atoms with E-state index in [9.17, 15) is 8.42 Å². The normalized spacial score (nSPS) is 11.6. The molecule has 1 heterocycles.